The molecule has 2 heterocycles. The summed E-state index contributed by atoms with van der Waals surface area (Å²) in [6.07, 6.45) is 8.83. The lowest BCUT2D eigenvalue weighted by Gasteiger charge is -2.16. The lowest BCUT2D eigenvalue weighted by atomic mass is 10.0. The van der Waals surface area contributed by atoms with Gasteiger partial charge in [-0.2, -0.15) is 5.10 Å². The molecule has 1 saturated carbocycles. The van der Waals surface area contributed by atoms with Crippen LogP contribution in [0, 0.1) is 0 Å². The highest BCUT2D eigenvalue weighted by Gasteiger charge is 2.19. The van der Waals surface area contributed by atoms with Crippen LogP contribution in [0.15, 0.2) is 43.0 Å². The van der Waals surface area contributed by atoms with Gasteiger partial charge in [0, 0.05) is 49.8 Å². The zero-order chi connectivity index (χ0) is 25.5. The lowest BCUT2D eigenvalue weighted by molar-refractivity contribution is 0.0796. The maximum absolute atomic E-state index is 12.4. The molecule has 1 amide bonds. The molecule has 1 N–H and O–H groups in total. The van der Waals surface area contributed by atoms with Crippen molar-refractivity contribution in [3.63, 3.8) is 0 Å². The number of pyridine rings is 1. The van der Waals surface area contributed by atoms with Crippen molar-refractivity contribution in [3.05, 3.63) is 43.0 Å². The summed E-state index contributed by atoms with van der Waals surface area (Å²) in [6, 6.07) is 8.55. The molecule has 1 fully saturated rings. The van der Waals surface area contributed by atoms with E-state index in [-0.39, 0.29) is 6.04 Å². The van der Waals surface area contributed by atoms with Crippen LogP contribution in [0.3, 0.4) is 0 Å². The van der Waals surface area contributed by atoms with Crippen LogP contribution in [0.2, 0.25) is 25.7 Å². The van der Waals surface area contributed by atoms with Crippen molar-refractivity contribution in [2.45, 2.75) is 64.1 Å². The number of aromatic nitrogens is 4. The van der Waals surface area contributed by atoms with Gasteiger partial charge in [0.25, 0.3) is 0 Å². The average Bonchev–Trinajstić information content (AvgIpc) is 3.53. The summed E-state index contributed by atoms with van der Waals surface area (Å²) >= 11 is 0. The number of hydrogen-bond donors (Lipinski definition) is 1. The molecule has 0 bridgehead atoms. The van der Waals surface area contributed by atoms with Gasteiger partial charge < -0.3 is 19.5 Å². The predicted octanol–water partition coefficient (Wildman–Crippen LogP) is 5.36. The van der Waals surface area contributed by atoms with Crippen molar-refractivity contribution in [2.75, 3.05) is 13.7 Å². The van der Waals surface area contributed by atoms with Crippen molar-refractivity contribution in [3.8, 4) is 34.0 Å². The van der Waals surface area contributed by atoms with Crippen LogP contribution >= 0.6 is 0 Å². The molecule has 9 nitrogen and oxygen atoms in total. The molecule has 4 rings (SSSR count). The van der Waals surface area contributed by atoms with Gasteiger partial charge in [0.2, 0.25) is 0 Å². The van der Waals surface area contributed by atoms with Crippen LogP contribution in [-0.2, 0) is 11.5 Å². The average molecular weight is 510 g/mol. The van der Waals surface area contributed by atoms with Gasteiger partial charge in [0.15, 0.2) is 5.82 Å². The molecule has 10 heteroatoms. The van der Waals surface area contributed by atoms with Gasteiger partial charge in [-0.25, -0.2) is 14.5 Å². The highest BCUT2D eigenvalue weighted by Crippen LogP contribution is 2.34. The fourth-order valence-corrected chi connectivity index (χ4v) is 4.93. The summed E-state index contributed by atoms with van der Waals surface area (Å²) in [7, 11) is 0.446. The summed E-state index contributed by atoms with van der Waals surface area (Å²) < 4.78 is 18.8. The topological polar surface area (TPSA) is 100 Å². The Morgan fingerprint density at radius 1 is 1.14 bits per heavy atom. The van der Waals surface area contributed by atoms with Gasteiger partial charge in [-0.3, -0.25) is 4.98 Å². The molecule has 0 saturated heterocycles. The molecule has 36 heavy (non-hydrogen) atoms. The number of nitrogens with one attached hydrogen (secondary N) is 1. The molecule has 0 radical (unpaired) electrons. The lowest BCUT2D eigenvalue weighted by Crippen LogP contribution is -2.34. The van der Waals surface area contributed by atoms with E-state index < -0.39 is 14.2 Å². The Morgan fingerprint density at radius 2 is 1.92 bits per heavy atom. The molecular weight excluding hydrogens is 474 g/mol. The first kappa shape index (κ1) is 25.8. The molecule has 0 aliphatic heterocycles. The van der Waals surface area contributed by atoms with E-state index in [0.717, 1.165) is 48.4 Å². The van der Waals surface area contributed by atoms with Crippen LogP contribution in [0.4, 0.5) is 4.79 Å². The minimum absolute atomic E-state index is 0.188. The van der Waals surface area contributed by atoms with Gasteiger partial charge in [-0.1, -0.05) is 32.5 Å². The van der Waals surface area contributed by atoms with Crippen molar-refractivity contribution < 1.29 is 19.0 Å². The zero-order valence-electron chi connectivity index (χ0n) is 21.5. The molecule has 2 aromatic heterocycles. The zero-order valence-corrected chi connectivity index (χ0v) is 22.5. The van der Waals surface area contributed by atoms with Crippen LogP contribution in [0.5, 0.6) is 11.5 Å². The number of carbonyl (C=O) groups excluding carboxylic acids is 1. The Balaban J connectivity index is 1.51. The van der Waals surface area contributed by atoms with Gasteiger partial charge >= 0.3 is 6.09 Å². The molecule has 0 atom stereocenters. The molecule has 0 spiro atoms. The van der Waals surface area contributed by atoms with Crippen LogP contribution in [-0.4, -0.2) is 53.7 Å². The van der Waals surface area contributed by atoms with E-state index >= 15 is 0 Å². The third-order valence-corrected chi connectivity index (χ3v) is 7.90. The smallest absolute Gasteiger partial charge is 0.412 e. The SMILES string of the molecule is COc1ccc(OC(=O)NC2CCCC2)cc1-c1cncc(-c2ncnn2COCC[Si](C)(C)C)c1. The Hall–Kier alpha value is -3.24. The number of ether oxygens (including phenoxy) is 3. The van der Waals surface area contributed by atoms with E-state index in [9.17, 15) is 4.79 Å². The third kappa shape index (κ3) is 6.92. The predicted molar refractivity (Wildman–Crippen MR) is 141 cm³/mol. The fourth-order valence-electron chi connectivity index (χ4n) is 4.17. The molecule has 1 aliphatic carbocycles. The normalized spacial score (nSPS) is 14.1. The first-order valence-corrected chi connectivity index (χ1v) is 16.1. The van der Waals surface area contributed by atoms with Crippen LogP contribution < -0.4 is 14.8 Å². The van der Waals surface area contributed by atoms with E-state index in [1.54, 1.807) is 42.4 Å². The van der Waals surface area contributed by atoms with E-state index in [0.29, 0.717) is 30.7 Å². The maximum Gasteiger partial charge on any atom is 0.412 e. The van der Waals surface area contributed by atoms with Crippen LogP contribution in [0.25, 0.3) is 22.5 Å². The van der Waals surface area contributed by atoms with Gasteiger partial charge in [-0.05, 0) is 43.2 Å². The number of hydrogen-bond acceptors (Lipinski definition) is 7. The van der Waals surface area contributed by atoms with E-state index in [4.69, 9.17) is 14.2 Å². The van der Waals surface area contributed by atoms with Crippen molar-refractivity contribution in [1.82, 2.24) is 25.1 Å². The highest BCUT2D eigenvalue weighted by molar-refractivity contribution is 6.76. The molecule has 1 aliphatic rings. The van der Waals surface area contributed by atoms with Gasteiger partial charge in [-0.15, -0.1) is 0 Å². The van der Waals surface area contributed by atoms with E-state index in [1.807, 2.05) is 6.07 Å². The molecule has 192 valence electrons. The van der Waals surface area contributed by atoms with Crippen molar-refractivity contribution in [1.29, 1.82) is 0 Å². The molecule has 3 aromatic rings. The number of amides is 1. The summed E-state index contributed by atoms with van der Waals surface area (Å²) in [5, 5.41) is 7.27. The number of carbonyl (C=O) groups is 1. The summed E-state index contributed by atoms with van der Waals surface area (Å²) in [5.74, 6) is 1.75. The van der Waals surface area contributed by atoms with Crippen LogP contribution in [0.1, 0.15) is 25.7 Å². The van der Waals surface area contributed by atoms with Gasteiger partial charge in [0.05, 0.1) is 7.11 Å². The largest absolute Gasteiger partial charge is 0.496 e. The summed E-state index contributed by atoms with van der Waals surface area (Å²) in [4.78, 5) is 21.2. The molecule has 1 aromatic carbocycles. The second kappa shape index (κ2) is 11.7. The number of rotatable bonds is 10. The first-order chi connectivity index (χ1) is 17.3. The first-order valence-electron chi connectivity index (χ1n) is 12.4. The second-order valence-electron chi connectivity index (χ2n) is 10.3. The quantitative estimate of drug-likeness (QED) is 0.290. The minimum atomic E-state index is -1.16. The number of methoxy groups -OCH3 is 1. The Bertz CT molecular complexity index is 1170. The summed E-state index contributed by atoms with van der Waals surface area (Å²) in [5.41, 5.74) is 2.36. The summed E-state index contributed by atoms with van der Waals surface area (Å²) in [6.45, 7) is 8.00. The second-order valence-corrected chi connectivity index (χ2v) is 15.9. The van der Waals surface area contributed by atoms with E-state index in [1.165, 1.54) is 6.33 Å². The van der Waals surface area contributed by atoms with Gasteiger partial charge in [0.1, 0.15) is 24.6 Å². The maximum atomic E-state index is 12.4. The molecular formula is C26H35N5O4Si. The standard InChI is InChI=1S/C26H35N5O4Si/c1-33-24-10-9-22(35-26(32)30-21-7-5-6-8-21)14-23(24)19-13-20(16-27-15-19)25-28-17-29-31(25)18-34-11-12-36(2,3)4/h9-10,13-17,21H,5-8,11-12,18H2,1-4H3,(H,30,32). The Kier molecular flexibility index (Phi) is 8.37. The van der Waals surface area contributed by atoms with Crippen molar-refractivity contribution in [2.24, 2.45) is 0 Å². The van der Waals surface area contributed by atoms with E-state index in [2.05, 4.69) is 40.0 Å². The molecule has 0 unspecified atom stereocenters. The van der Waals surface area contributed by atoms with Crippen molar-refractivity contribution >= 4 is 14.2 Å². The Morgan fingerprint density at radius 3 is 2.67 bits per heavy atom. The third-order valence-electron chi connectivity index (χ3n) is 6.19. The fraction of sp³-hybridized carbons (Fsp3) is 0.462. The number of benzene rings is 1. The monoisotopic (exact) mass is 509 g/mol. The minimum Gasteiger partial charge on any atom is -0.496 e. The number of nitrogens with zero attached hydrogens (tertiary/aromatic N) is 4. The Labute approximate surface area is 213 Å². The highest BCUT2D eigenvalue weighted by atomic mass is 28.3.